The monoisotopic (exact) mass is 310 g/mol. The molecule has 1 aromatic rings. The first-order valence-corrected chi connectivity index (χ1v) is 7.35. The van der Waals surface area contributed by atoms with Gasteiger partial charge in [-0.05, 0) is 26.0 Å². The van der Waals surface area contributed by atoms with Gasteiger partial charge in [-0.15, -0.1) is 11.3 Å². The lowest BCUT2D eigenvalue weighted by molar-refractivity contribution is -0.140. The molecule has 114 valence electrons. The average molecular weight is 310 g/mol. The van der Waals surface area contributed by atoms with Gasteiger partial charge >= 0.3 is 12.0 Å². The van der Waals surface area contributed by atoms with Crippen molar-refractivity contribution < 1.29 is 19.1 Å². The normalized spacial score (nSPS) is 18.2. The molecule has 1 aliphatic heterocycles. The summed E-state index contributed by atoms with van der Waals surface area (Å²) >= 11 is 1.54. The van der Waals surface area contributed by atoms with Gasteiger partial charge in [-0.25, -0.2) is 9.59 Å². The summed E-state index contributed by atoms with van der Waals surface area (Å²) in [5.41, 5.74) is 0.935. The Morgan fingerprint density at radius 2 is 2.10 bits per heavy atom. The summed E-state index contributed by atoms with van der Waals surface area (Å²) in [7, 11) is 1.54. The Hall–Kier alpha value is -1.86. The topological polar surface area (TPSA) is 76.7 Å². The lowest BCUT2D eigenvalue weighted by atomic mass is 10.0. The van der Waals surface area contributed by atoms with E-state index in [2.05, 4.69) is 10.6 Å². The number of amides is 2. The zero-order valence-electron chi connectivity index (χ0n) is 12.2. The van der Waals surface area contributed by atoms with Gasteiger partial charge in [0, 0.05) is 22.6 Å². The smallest absolute Gasteiger partial charge is 0.338 e. The molecule has 0 aromatic carbocycles. The minimum absolute atomic E-state index is 0.177. The van der Waals surface area contributed by atoms with Crippen molar-refractivity contribution in [2.75, 3.05) is 20.3 Å². The first-order valence-electron chi connectivity index (χ1n) is 6.53. The zero-order chi connectivity index (χ0) is 15.4. The Labute approximate surface area is 127 Å². The lowest BCUT2D eigenvalue weighted by Gasteiger charge is -2.27. The van der Waals surface area contributed by atoms with E-state index in [0.29, 0.717) is 17.9 Å². The molecule has 0 radical (unpaired) electrons. The highest BCUT2D eigenvalue weighted by atomic mass is 32.1. The Morgan fingerprint density at radius 3 is 2.71 bits per heavy atom. The molecule has 1 aliphatic rings. The summed E-state index contributed by atoms with van der Waals surface area (Å²) in [5, 5.41) is 5.38. The van der Waals surface area contributed by atoms with Crippen LogP contribution in [0, 0.1) is 6.92 Å². The number of allylic oxidation sites excluding steroid dienone is 1. The second-order valence-electron chi connectivity index (χ2n) is 4.65. The van der Waals surface area contributed by atoms with E-state index in [9.17, 15) is 9.59 Å². The predicted octanol–water partition coefficient (Wildman–Crippen LogP) is 1.87. The van der Waals surface area contributed by atoms with Crippen molar-refractivity contribution in [2.24, 2.45) is 0 Å². The number of ether oxygens (including phenoxy) is 2. The first-order chi connectivity index (χ1) is 10.0. The number of hydrogen-bond donors (Lipinski definition) is 2. The molecule has 0 unspecified atom stereocenters. The third-order valence-electron chi connectivity index (χ3n) is 3.06. The van der Waals surface area contributed by atoms with E-state index in [-0.39, 0.29) is 12.6 Å². The fourth-order valence-corrected chi connectivity index (χ4v) is 3.02. The summed E-state index contributed by atoms with van der Waals surface area (Å²) in [4.78, 5) is 25.9. The van der Waals surface area contributed by atoms with Crippen LogP contribution in [0.3, 0.4) is 0 Å². The molecule has 2 rings (SSSR count). The highest BCUT2D eigenvalue weighted by Crippen LogP contribution is 2.31. The van der Waals surface area contributed by atoms with Gasteiger partial charge in [0.2, 0.25) is 0 Å². The largest absolute Gasteiger partial charge is 0.460 e. The van der Waals surface area contributed by atoms with E-state index in [0.717, 1.165) is 9.75 Å². The number of rotatable bonds is 5. The van der Waals surface area contributed by atoms with Gasteiger partial charge in [-0.1, -0.05) is 0 Å². The maximum atomic E-state index is 12.3. The molecule has 6 nitrogen and oxygen atoms in total. The molecule has 2 amide bonds. The van der Waals surface area contributed by atoms with E-state index in [1.807, 2.05) is 19.1 Å². The van der Waals surface area contributed by atoms with Crippen molar-refractivity contribution >= 4 is 23.3 Å². The van der Waals surface area contributed by atoms with Crippen molar-refractivity contribution in [3.63, 3.8) is 0 Å². The SMILES string of the molecule is COCCOC(=O)C1=C(C)NC(=O)N[C@H]1c1ccc(C)s1. The average Bonchev–Trinajstić information content (AvgIpc) is 2.84. The minimum Gasteiger partial charge on any atom is -0.460 e. The quantitative estimate of drug-likeness (QED) is 0.643. The van der Waals surface area contributed by atoms with Gasteiger partial charge in [-0.2, -0.15) is 0 Å². The van der Waals surface area contributed by atoms with Crippen LogP contribution in [0.2, 0.25) is 0 Å². The third kappa shape index (κ3) is 3.62. The van der Waals surface area contributed by atoms with E-state index in [1.165, 1.54) is 18.4 Å². The fraction of sp³-hybridized carbons (Fsp3) is 0.429. The molecule has 1 aromatic heterocycles. The van der Waals surface area contributed by atoms with Crippen LogP contribution in [0.1, 0.15) is 22.7 Å². The highest BCUT2D eigenvalue weighted by molar-refractivity contribution is 7.12. The van der Waals surface area contributed by atoms with Crippen LogP contribution in [0.25, 0.3) is 0 Å². The van der Waals surface area contributed by atoms with Crippen molar-refractivity contribution in [3.05, 3.63) is 33.2 Å². The van der Waals surface area contributed by atoms with Gasteiger partial charge in [0.05, 0.1) is 18.2 Å². The van der Waals surface area contributed by atoms with Crippen molar-refractivity contribution in [3.8, 4) is 0 Å². The molecule has 0 saturated carbocycles. The number of carbonyl (C=O) groups excluding carboxylic acids is 2. The molecule has 2 N–H and O–H groups in total. The van der Waals surface area contributed by atoms with Gasteiger partial charge in [0.1, 0.15) is 6.61 Å². The Balaban J connectivity index is 2.26. The van der Waals surface area contributed by atoms with Crippen molar-refractivity contribution in [2.45, 2.75) is 19.9 Å². The molecule has 0 saturated heterocycles. The summed E-state index contributed by atoms with van der Waals surface area (Å²) in [6, 6.07) is 3.06. The number of carbonyl (C=O) groups is 2. The van der Waals surface area contributed by atoms with Crippen LogP contribution in [0.15, 0.2) is 23.4 Å². The number of hydrogen-bond acceptors (Lipinski definition) is 5. The van der Waals surface area contributed by atoms with Crippen LogP contribution < -0.4 is 10.6 Å². The molecular formula is C14H18N2O4S. The minimum atomic E-state index is -0.479. The van der Waals surface area contributed by atoms with Crippen LogP contribution >= 0.6 is 11.3 Å². The molecule has 21 heavy (non-hydrogen) atoms. The summed E-state index contributed by atoms with van der Waals surface area (Å²) < 4.78 is 10.0. The maximum absolute atomic E-state index is 12.3. The number of thiophene rings is 1. The van der Waals surface area contributed by atoms with E-state index in [4.69, 9.17) is 9.47 Å². The van der Waals surface area contributed by atoms with E-state index in [1.54, 1.807) is 6.92 Å². The highest BCUT2D eigenvalue weighted by Gasteiger charge is 2.32. The van der Waals surface area contributed by atoms with Crippen LogP contribution in [0.5, 0.6) is 0 Å². The van der Waals surface area contributed by atoms with Gasteiger partial charge < -0.3 is 20.1 Å². The van der Waals surface area contributed by atoms with E-state index >= 15 is 0 Å². The summed E-state index contributed by atoms with van der Waals surface area (Å²) in [5.74, 6) is -0.451. The lowest BCUT2D eigenvalue weighted by Crippen LogP contribution is -2.45. The maximum Gasteiger partial charge on any atom is 0.338 e. The van der Waals surface area contributed by atoms with Crippen molar-refractivity contribution in [1.29, 1.82) is 0 Å². The molecule has 0 spiro atoms. The number of aryl methyl sites for hydroxylation is 1. The number of urea groups is 1. The predicted molar refractivity (Wildman–Crippen MR) is 79.0 cm³/mol. The Kier molecular flexibility index (Phi) is 4.98. The second-order valence-corrected chi connectivity index (χ2v) is 5.97. The Morgan fingerprint density at radius 1 is 1.33 bits per heavy atom. The third-order valence-corrected chi connectivity index (χ3v) is 4.12. The molecule has 0 aliphatic carbocycles. The zero-order valence-corrected chi connectivity index (χ0v) is 13.0. The molecular weight excluding hydrogens is 292 g/mol. The van der Waals surface area contributed by atoms with Gasteiger partial charge in [0.15, 0.2) is 0 Å². The van der Waals surface area contributed by atoms with Gasteiger partial charge in [-0.3, -0.25) is 0 Å². The molecule has 1 atom stereocenters. The van der Waals surface area contributed by atoms with Crippen LogP contribution in [0.4, 0.5) is 4.79 Å². The molecule has 7 heteroatoms. The number of nitrogens with one attached hydrogen (secondary N) is 2. The van der Waals surface area contributed by atoms with Gasteiger partial charge in [0.25, 0.3) is 0 Å². The summed E-state index contributed by atoms with van der Waals surface area (Å²) in [6.07, 6.45) is 0. The second kappa shape index (κ2) is 6.73. The van der Waals surface area contributed by atoms with Crippen LogP contribution in [-0.4, -0.2) is 32.3 Å². The first kappa shape index (κ1) is 15.5. The summed E-state index contributed by atoms with van der Waals surface area (Å²) in [6.45, 7) is 4.18. The Bertz CT molecular complexity index is 579. The van der Waals surface area contributed by atoms with Crippen molar-refractivity contribution in [1.82, 2.24) is 10.6 Å². The molecule has 2 heterocycles. The number of methoxy groups -OCH3 is 1. The standard InChI is InChI=1S/C14H18N2O4S/c1-8-4-5-10(21-8)12-11(9(2)15-14(18)16-12)13(17)20-7-6-19-3/h4-5,12H,6-7H2,1-3H3,(H2,15,16,18)/t12-/m0/s1. The fourth-order valence-electron chi connectivity index (χ4n) is 2.08. The molecule has 0 bridgehead atoms. The van der Waals surface area contributed by atoms with Crippen LogP contribution in [-0.2, 0) is 14.3 Å². The molecule has 0 fully saturated rings. The number of esters is 1. The van der Waals surface area contributed by atoms with E-state index < -0.39 is 12.0 Å².